The van der Waals surface area contributed by atoms with Crippen molar-refractivity contribution in [3.8, 4) is 0 Å². The van der Waals surface area contributed by atoms with Crippen LogP contribution in [0.4, 0.5) is 4.79 Å². The third kappa shape index (κ3) is 6.20. The van der Waals surface area contributed by atoms with Crippen molar-refractivity contribution in [3.63, 3.8) is 0 Å². The Kier molecular flexibility index (Phi) is 5.30. The Morgan fingerprint density at radius 1 is 1.37 bits per heavy atom. The van der Waals surface area contributed by atoms with Crippen LogP contribution in [-0.2, 0) is 11.2 Å². The number of nitrogens with two attached hydrogens (primary N) is 1. The van der Waals surface area contributed by atoms with Gasteiger partial charge >= 0.3 is 6.09 Å². The maximum Gasteiger partial charge on any atom is 0.408 e. The molecule has 1 aromatic rings. The Balaban J connectivity index is 2.64. The maximum atomic E-state index is 11.7. The number of hydrogen-bond donors (Lipinski definition) is 2. The summed E-state index contributed by atoms with van der Waals surface area (Å²) in [5.74, 6) is 0. The number of amides is 1. The van der Waals surface area contributed by atoms with E-state index in [0.29, 0.717) is 6.42 Å². The normalized spacial score (nSPS) is 12.6. The van der Waals surface area contributed by atoms with E-state index in [0.717, 1.165) is 5.56 Å². The molecule has 0 fully saturated rings. The second-order valence-electron chi connectivity index (χ2n) is 5.29. The van der Waals surface area contributed by atoms with Crippen molar-refractivity contribution in [1.29, 1.82) is 0 Å². The van der Waals surface area contributed by atoms with E-state index in [2.05, 4.69) is 5.32 Å². The van der Waals surface area contributed by atoms with Crippen LogP contribution < -0.4 is 11.1 Å². The lowest BCUT2D eigenvalue weighted by Crippen LogP contribution is -2.46. The van der Waals surface area contributed by atoms with Gasteiger partial charge in [0.15, 0.2) is 0 Å². The van der Waals surface area contributed by atoms with Crippen molar-refractivity contribution in [2.75, 3.05) is 0 Å². The Morgan fingerprint density at radius 2 is 1.95 bits per heavy atom. The van der Waals surface area contributed by atoms with Crippen LogP contribution >= 0.6 is 12.2 Å². The summed E-state index contributed by atoms with van der Waals surface area (Å²) < 4.78 is 5.19. The highest BCUT2D eigenvalue weighted by atomic mass is 32.1. The maximum absolute atomic E-state index is 11.7. The molecule has 0 spiro atoms. The van der Waals surface area contributed by atoms with E-state index in [1.807, 2.05) is 30.3 Å². The Labute approximate surface area is 119 Å². The third-order valence-electron chi connectivity index (χ3n) is 2.32. The minimum Gasteiger partial charge on any atom is -0.444 e. The predicted molar refractivity (Wildman–Crippen MR) is 80.1 cm³/mol. The van der Waals surface area contributed by atoms with Gasteiger partial charge in [0, 0.05) is 0 Å². The first-order valence-corrected chi connectivity index (χ1v) is 6.51. The zero-order valence-electron chi connectivity index (χ0n) is 11.5. The Hall–Kier alpha value is -1.62. The van der Waals surface area contributed by atoms with Crippen LogP contribution in [0.5, 0.6) is 0 Å². The highest BCUT2D eigenvalue weighted by Gasteiger charge is 2.21. The summed E-state index contributed by atoms with van der Waals surface area (Å²) in [6.07, 6.45) is 0.0383. The van der Waals surface area contributed by atoms with E-state index in [9.17, 15) is 4.79 Å². The van der Waals surface area contributed by atoms with Crippen molar-refractivity contribution >= 4 is 23.3 Å². The molecule has 0 aliphatic carbocycles. The molecule has 0 aliphatic rings. The molecule has 4 nitrogen and oxygen atoms in total. The van der Waals surface area contributed by atoms with Crippen LogP contribution in [0.1, 0.15) is 26.3 Å². The predicted octanol–water partition coefficient (Wildman–Crippen LogP) is 2.41. The lowest BCUT2D eigenvalue weighted by Gasteiger charge is -2.23. The molecule has 5 heteroatoms. The molecule has 0 saturated heterocycles. The smallest absolute Gasteiger partial charge is 0.408 e. The van der Waals surface area contributed by atoms with Gasteiger partial charge in [-0.25, -0.2) is 4.79 Å². The van der Waals surface area contributed by atoms with E-state index in [-0.39, 0.29) is 4.99 Å². The second kappa shape index (κ2) is 6.52. The van der Waals surface area contributed by atoms with Gasteiger partial charge in [-0.2, -0.15) is 0 Å². The summed E-state index contributed by atoms with van der Waals surface area (Å²) in [5.41, 5.74) is 6.17. The van der Waals surface area contributed by atoms with E-state index in [1.54, 1.807) is 20.8 Å². The quantitative estimate of drug-likeness (QED) is 0.831. The van der Waals surface area contributed by atoms with Crippen molar-refractivity contribution in [1.82, 2.24) is 5.32 Å². The molecule has 0 heterocycles. The topological polar surface area (TPSA) is 64.3 Å². The van der Waals surface area contributed by atoms with Crippen molar-refractivity contribution < 1.29 is 9.53 Å². The number of hydrogen-bond acceptors (Lipinski definition) is 3. The summed E-state index contributed by atoms with van der Waals surface area (Å²) >= 11 is 4.98. The standard InChI is InChI=1S/C14H20N2O2S/c1-14(2,3)18-13(17)16-11(12(15)19)9-10-7-5-4-6-8-10/h4-8,11H,9H2,1-3H3,(H2,15,19)(H,16,17). The SMILES string of the molecule is CC(C)(C)OC(=O)NC(Cc1ccccc1)C(N)=S. The average molecular weight is 280 g/mol. The lowest BCUT2D eigenvalue weighted by molar-refractivity contribution is 0.0518. The van der Waals surface area contributed by atoms with Gasteiger partial charge in [-0.3, -0.25) is 0 Å². The number of thiocarbonyl (C=S) groups is 1. The highest BCUT2D eigenvalue weighted by molar-refractivity contribution is 7.80. The first-order chi connectivity index (χ1) is 8.78. The van der Waals surface area contributed by atoms with Crippen LogP contribution in [0.15, 0.2) is 30.3 Å². The molecule has 0 radical (unpaired) electrons. The number of rotatable bonds is 4. The van der Waals surface area contributed by atoms with Gasteiger partial charge in [-0.15, -0.1) is 0 Å². The Bertz CT molecular complexity index is 441. The van der Waals surface area contributed by atoms with E-state index in [4.69, 9.17) is 22.7 Å². The zero-order chi connectivity index (χ0) is 14.5. The summed E-state index contributed by atoms with van der Waals surface area (Å²) in [4.78, 5) is 12.0. The summed E-state index contributed by atoms with van der Waals surface area (Å²) in [7, 11) is 0. The fraction of sp³-hybridized carbons (Fsp3) is 0.429. The van der Waals surface area contributed by atoms with E-state index < -0.39 is 17.7 Å². The molecule has 1 atom stereocenters. The van der Waals surface area contributed by atoms with E-state index in [1.165, 1.54) is 0 Å². The molecule has 1 aromatic carbocycles. The van der Waals surface area contributed by atoms with Crippen molar-refractivity contribution in [2.45, 2.75) is 38.8 Å². The lowest BCUT2D eigenvalue weighted by atomic mass is 10.1. The summed E-state index contributed by atoms with van der Waals surface area (Å²) in [5, 5.41) is 2.69. The van der Waals surface area contributed by atoms with Crippen LogP contribution in [-0.4, -0.2) is 22.7 Å². The van der Waals surface area contributed by atoms with Gasteiger partial charge in [0.2, 0.25) is 0 Å². The second-order valence-corrected chi connectivity index (χ2v) is 5.76. The van der Waals surface area contributed by atoms with Gasteiger partial charge < -0.3 is 15.8 Å². The minimum atomic E-state index is -0.544. The Morgan fingerprint density at radius 3 is 2.42 bits per heavy atom. The number of alkyl carbamates (subject to hydrolysis) is 1. The van der Waals surface area contributed by atoms with Gasteiger partial charge in [0.25, 0.3) is 0 Å². The molecule has 0 aliphatic heterocycles. The number of carbonyl (C=O) groups excluding carboxylic acids is 1. The summed E-state index contributed by atoms with van der Waals surface area (Å²) in [6.45, 7) is 5.42. The summed E-state index contributed by atoms with van der Waals surface area (Å²) in [6, 6.07) is 9.30. The molecule has 104 valence electrons. The molecule has 0 saturated carbocycles. The number of carbonyl (C=O) groups is 1. The first kappa shape index (κ1) is 15.4. The minimum absolute atomic E-state index is 0.245. The van der Waals surface area contributed by atoms with Crippen LogP contribution in [0.2, 0.25) is 0 Å². The number of nitrogens with one attached hydrogen (secondary N) is 1. The van der Waals surface area contributed by atoms with Gasteiger partial charge in [0.1, 0.15) is 5.60 Å². The molecule has 1 rings (SSSR count). The molecule has 3 N–H and O–H groups in total. The third-order valence-corrected chi connectivity index (χ3v) is 2.60. The molecule has 0 bridgehead atoms. The zero-order valence-corrected chi connectivity index (χ0v) is 12.3. The molecule has 1 unspecified atom stereocenters. The van der Waals surface area contributed by atoms with Gasteiger partial charge in [-0.1, -0.05) is 42.5 Å². The fourth-order valence-corrected chi connectivity index (χ4v) is 1.66. The van der Waals surface area contributed by atoms with Crippen molar-refractivity contribution in [3.05, 3.63) is 35.9 Å². The highest BCUT2D eigenvalue weighted by Crippen LogP contribution is 2.08. The van der Waals surface area contributed by atoms with E-state index >= 15 is 0 Å². The fourth-order valence-electron chi connectivity index (χ4n) is 1.52. The first-order valence-electron chi connectivity index (χ1n) is 6.11. The molecule has 0 aromatic heterocycles. The average Bonchev–Trinajstić information content (AvgIpc) is 2.26. The molecular formula is C14H20N2O2S. The molecule has 1 amide bonds. The number of ether oxygens (including phenoxy) is 1. The van der Waals surface area contributed by atoms with Crippen molar-refractivity contribution in [2.24, 2.45) is 5.73 Å². The van der Waals surface area contributed by atoms with Gasteiger partial charge in [0.05, 0.1) is 11.0 Å². The molecular weight excluding hydrogens is 260 g/mol. The van der Waals surface area contributed by atoms with Crippen LogP contribution in [0.3, 0.4) is 0 Å². The monoisotopic (exact) mass is 280 g/mol. The largest absolute Gasteiger partial charge is 0.444 e. The number of benzene rings is 1. The molecule has 19 heavy (non-hydrogen) atoms. The van der Waals surface area contributed by atoms with Gasteiger partial charge in [-0.05, 0) is 32.8 Å². The van der Waals surface area contributed by atoms with Crippen LogP contribution in [0, 0.1) is 0 Å². The van der Waals surface area contributed by atoms with Crippen LogP contribution in [0.25, 0.3) is 0 Å².